The summed E-state index contributed by atoms with van der Waals surface area (Å²) in [5, 5.41) is 5.96. The van der Waals surface area contributed by atoms with E-state index in [1.165, 1.54) is 6.92 Å². The Bertz CT molecular complexity index is 549. The highest BCUT2D eigenvalue weighted by Gasteiger charge is 2.11. The van der Waals surface area contributed by atoms with Gasteiger partial charge in [0.2, 0.25) is 24.0 Å². The molecule has 0 aromatic carbocycles. The highest BCUT2D eigenvalue weighted by Crippen LogP contribution is 2.21. The summed E-state index contributed by atoms with van der Waals surface area (Å²) >= 11 is 0. The Balaban J connectivity index is 2.58. The Morgan fingerprint density at radius 3 is 2.72 bits per heavy atom. The normalized spacial score (nSPS) is 12.2. The van der Waals surface area contributed by atoms with Crippen LogP contribution >= 0.6 is 0 Å². The molecule has 7 heteroatoms. The van der Waals surface area contributed by atoms with Crippen LogP contribution in [0.25, 0.3) is 0 Å². The summed E-state index contributed by atoms with van der Waals surface area (Å²) in [5.74, 6) is 0.920. The molecule has 1 unspecified atom stereocenters. The van der Waals surface area contributed by atoms with E-state index in [0.29, 0.717) is 37.8 Å². The molecule has 0 aliphatic carbocycles. The highest BCUT2D eigenvalue weighted by atomic mass is 16.7. The number of pyridine rings is 1. The van der Waals surface area contributed by atoms with Crippen LogP contribution in [-0.4, -0.2) is 44.5 Å². The first-order valence-corrected chi connectivity index (χ1v) is 8.44. The lowest BCUT2D eigenvalue weighted by atomic mass is 10.2. The summed E-state index contributed by atoms with van der Waals surface area (Å²) in [6.45, 7) is 5.40. The Kier molecular flexibility index (Phi) is 10.3. The summed E-state index contributed by atoms with van der Waals surface area (Å²) in [5.41, 5.74) is 0.914. The fourth-order valence-electron chi connectivity index (χ4n) is 2.08. The first-order chi connectivity index (χ1) is 12.1. The quantitative estimate of drug-likeness (QED) is 0.341. The highest BCUT2D eigenvalue weighted by molar-refractivity contribution is 5.72. The Morgan fingerprint density at radius 1 is 1.28 bits per heavy atom. The lowest BCUT2D eigenvalue weighted by Gasteiger charge is -2.16. The number of nitrogens with zero attached hydrogens (tertiary/aromatic N) is 1. The first-order valence-electron chi connectivity index (χ1n) is 8.44. The van der Waals surface area contributed by atoms with E-state index in [1.54, 1.807) is 20.3 Å². The monoisotopic (exact) mass is 351 g/mol. The number of hydrogen-bond acceptors (Lipinski definition) is 6. The van der Waals surface area contributed by atoms with Crippen LogP contribution in [0.4, 0.5) is 0 Å². The summed E-state index contributed by atoms with van der Waals surface area (Å²) in [6, 6.07) is 3.70. The number of aromatic nitrogens is 1. The van der Waals surface area contributed by atoms with E-state index in [1.807, 2.05) is 12.1 Å². The zero-order chi connectivity index (χ0) is 18.5. The third-order valence-electron chi connectivity index (χ3n) is 3.34. The summed E-state index contributed by atoms with van der Waals surface area (Å²) in [7, 11) is 3.18. The number of methoxy groups -OCH3 is 2. The van der Waals surface area contributed by atoms with Crippen molar-refractivity contribution in [1.29, 1.82) is 0 Å². The third kappa shape index (κ3) is 8.51. The molecule has 0 aliphatic rings. The second-order valence-electron chi connectivity index (χ2n) is 5.38. The van der Waals surface area contributed by atoms with Gasteiger partial charge in [0.05, 0.1) is 7.11 Å². The molecule has 0 bridgehead atoms. The number of carbonyl (C=O) groups excluding carboxylic acids is 1. The molecule has 1 aromatic heterocycles. The molecule has 1 heterocycles. The number of hydrogen-bond donors (Lipinski definition) is 2. The molecule has 140 valence electrons. The number of rotatable bonds is 12. The third-order valence-corrected chi connectivity index (χ3v) is 3.34. The van der Waals surface area contributed by atoms with Crippen molar-refractivity contribution >= 4 is 5.91 Å². The molecule has 1 amide bonds. The van der Waals surface area contributed by atoms with Gasteiger partial charge < -0.3 is 24.8 Å². The van der Waals surface area contributed by atoms with Crippen molar-refractivity contribution in [2.24, 2.45) is 0 Å². The van der Waals surface area contributed by atoms with Crippen LogP contribution in [0, 0.1) is 0 Å². The van der Waals surface area contributed by atoms with Crippen molar-refractivity contribution in [3.63, 3.8) is 0 Å². The van der Waals surface area contributed by atoms with Crippen LogP contribution in [0.1, 0.15) is 32.3 Å². The SMILES string of the molecule is CC/C=C\CC(OC)Oc1ccc(CNCCNC(C)=O)c(OC)n1. The van der Waals surface area contributed by atoms with Crippen molar-refractivity contribution in [2.75, 3.05) is 27.3 Å². The zero-order valence-corrected chi connectivity index (χ0v) is 15.5. The molecular weight excluding hydrogens is 322 g/mol. The zero-order valence-electron chi connectivity index (χ0n) is 15.5. The van der Waals surface area contributed by atoms with Crippen LogP contribution in [0.2, 0.25) is 0 Å². The number of allylic oxidation sites excluding steroid dienone is 1. The largest absolute Gasteiger partial charge is 0.481 e. The van der Waals surface area contributed by atoms with Gasteiger partial charge in [-0.3, -0.25) is 4.79 Å². The van der Waals surface area contributed by atoms with Crippen LogP contribution < -0.4 is 20.1 Å². The maximum atomic E-state index is 10.8. The lowest BCUT2D eigenvalue weighted by Crippen LogP contribution is -2.30. The van der Waals surface area contributed by atoms with E-state index in [9.17, 15) is 4.79 Å². The van der Waals surface area contributed by atoms with Gasteiger partial charge in [-0.1, -0.05) is 19.1 Å². The molecule has 1 aromatic rings. The maximum Gasteiger partial charge on any atom is 0.220 e. The molecule has 0 saturated heterocycles. The molecule has 0 aliphatic heterocycles. The molecule has 7 nitrogen and oxygen atoms in total. The van der Waals surface area contributed by atoms with Crippen molar-refractivity contribution in [3.8, 4) is 11.8 Å². The Hall–Kier alpha value is -2.12. The van der Waals surface area contributed by atoms with Crippen LogP contribution in [-0.2, 0) is 16.1 Å². The second kappa shape index (κ2) is 12.3. The minimum atomic E-state index is -0.387. The predicted octanol–water partition coefficient (Wildman–Crippen LogP) is 2.02. The molecular formula is C18H29N3O4. The number of carbonyl (C=O) groups is 1. The van der Waals surface area contributed by atoms with Crippen molar-refractivity contribution in [2.45, 2.75) is 39.5 Å². The standard InChI is InChI=1S/C18H29N3O4/c1-5-6-7-8-17(23-3)25-16-10-9-15(18(21-16)24-4)13-19-11-12-20-14(2)22/h6-7,9-10,17,19H,5,8,11-13H2,1-4H3,(H,20,22)/b7-6-. The van der Waals surface area contributed by atoms with E-state index in [-0.39, 0.29) is 12.2 Å². The average molecular weight is 351 g/mol. The van der Waals surface area contributed by atoms with Gasteiger partial charge in [-0.15, -0.1) is 0 Å². The first kappa shape index (κ1) is 20.9. The van der Waals surface area contributed by atoms with Gasteiger partial charge in [-0.05, 0) is 12.5 Å². The van der Waals surface area contributed by atoms with Gasteiger partial charge in [-0.2, -0.15) is 4.98 Å². The maximum absolute atomic E-state index is 10.8. The molecule has 0 spiro atoms. The Morgan fingerprint density at radius 2 is 2.08 bits per heavy atom. The van der Waals surface area contributed by atoms with E-state index in [4.69, 9.17) is 14.2 Å². The fourth-order valence-corrected chi connectivity index (χ4v) is 2.08. The lowest BCUT2D eigenvalue weighted by molar-refractivity contribution is -0.118. The number of nitrogens with one attached hydrogen (secondary N) is 2. The smallest absolute Gasteiger partial charge is 0.220 e. The molecule has 0 radical (unpaired) electrons. The van der Waals surface area contributed by atoms with E-state index in [0.717, 1.165) is 12.0 Å². The van der Waals surface area contributed by atoms with Gasteiger partial charge in [0.15, 0.2) is 0 Å². The minimum absolute atomic E-state index is 0.0379. The van der Waals surface area contributed by atoms with Crippen molar-refractivity contribution < 1.29 is 19.0 Å². The summed E-state index contributed by atoms with van der Waals surface area (Å²) in [6.07, 6.45) is 5.34. The second-order valence-corrected chi connectivity index (χ2v) is 5.38. The summed E-state index contributed by atoms with van der Waals surface area (Å²) < 4.78 is 16.4. The van der Waals surface area contributed by atoms with Crippen LogP contribution in [0.5, 0.6) is 11.8 Å². The van der Waals surface area contributed by atoms with E-state index >= 15 is 0 Å². The Labute approximate surface area is 149 Å². The van der Waals surface area contributed by atoms with Gasteiger partial charge in [-0.25, -0.2) is 0 Å². The fraction of sp³-hybridized carbons (Fsp3) is 0.556. The van der Waals surface area contributed by atoms with E-state index in [2.05, 4.69) is 28.6 Å². The van der Waals surface area contributed by atoms with Crippen molar-refractivity contribution in [1.82, 2.24) is 15.6 Å². The predicted molar refractivity (Wildman–Crippen MR) is 96.7 cm³/mol. The number of ether oxygens (including phenoxy) is 3. The van der Waals surface area contributed by atoms with Crippen LogP contribution in [0.3, 0.4) is 0 Å². The molecule has 0 fully saturated rings. The van der Waals surface area contributed by atoms with Crippen LogP contribution in [0.15, 0.2) is 24.3 Å². The average Bonchev–Trinajstić information content (AvgIpc) is 2.61. The molecule has 1 rings (SSSR count). The molecule has 0 saturated carbocycles. The van der Waals surface area contributed by atoms with Gasteiger partial charge in [0.25, 0.3) is 0 Å². The molecule has 1 atom stereocenters. The molecule has 2 N–H and O–H groups in total. The molecule has 25 heavy (non-hydrogen) atoms. The van der Waals surface area contributed by atoms with Crippen molar-refractivity contribution in [3.05, 3.63) is 29.8 Å². The number of amides is 1. The summed E-state index contributed by atoms with van der Waals surface area (Å²) in [4.78, 5) is 15.2. The van der Waals surface area contributed by atoms with Gasteiger partial charge in [0, 0.05) is 51.7 Å². The van der Waals surface area contributed by atoms with Gasteiger partial charge >= 0.3 is 0 Å². The topological polar surface area (TPSA) is 81.7 Å². The van der Waals surface area contributed by atoms with E-state index < -0.39 is 0 Å². The minimum Gasteiger partial charge on any atom is -0.481 e. The van der Waals surface area contributed by atoms with Gasteiger partial charge in [0.1, 0.15) is 0 Å².